The van der Waals surface area contributed by atoms with E-state index in [-0.39, 0.29) is 0 Å². The zero-order chi connectivity index (χ0) is 12.8. The lowest BCUT2D eigenvalue weighted by atomic mass is 10.1. The molecule has 0 aliphatic carbocycles. The number of nitrogens with two attached hydrogens (primary N) is 1. The van der Waals surface area contributed by atoms with Gasteiger partial charge in [0.05, 0.1) is 18.0 Å². The number of hydrogen-bond donors (Lipinski definition) is 1. The SMILES string of the molecule is COCCN(CC(C)C)c1ccc(Br)cc1N. The lowest BCUT2D eigenvalue weighted by molar-refractivity contribution is 0.204. The quantitative estimate of drug-likeness (QED) is 0.820. The molecule has 1 aromatic carbocycles. The van der Waals surface area contributed by atoms with Crippen LogP contribution in [-0.2, 0) is 4.74 Å². The van der Waals surface area contributed by atoms with Crippen molar-refractivity contribution < 1.29 is 4.74 Å². The molecule has 0 saturated carbocycles. The second-order valence-electron chi connectivity index (χ2n) is 4.54. The molecule has 3 nitrogen and oxygen atoms in total. The van der Waals surface area contributed by atoms with Crippen LogP contribution in [0.4, 0.5) is 11.4 Å². The molecule has 0 atom stereocenters. The molecule has 0 fully saturated rings. The van der Waals surface area contributed by atoms with E-state index in [0.29, 0.717) is 12.5 Å². The van der Waals surface area contributed by atoms with Gasteiger partial charge in [0.1, 0.15) is 0 Å². The highest BCUT2D eigenvalue weighted by molar-refractivity contribution is 9.10. The Labute approximate surface area is 112 Å². The van der Waals surface area contributed by atoms with Crippen molar-refractivity contribution in [3.8, 4) is 0 Å². The standard InChI is InChI=1S/C13H21BrN2O/c1-10(2)9-16(6-7-17-3)13-5-4-11(14)8-12(13)15/h4-5,8,10H,6-7,9,15H2,1-3H3. The Bertz CT molecular complexity index is 355. The van der Waals surface area contributed by atoms with Crippen LogP contribution < -0.4 is 10.6 Å². The highest BCUT2D eigenvalue weighted by atomic mass is 79.9. The van der Waals surface area contributed by atoms with Crippen molar-refractivity contribution in [2.75, 3.05) is 37.4 Å². The summed E-state index contributed by atoms with van der Waals surface area (Å²) >= 11 is 3.43. The average Bonchev–Trinajstić information content (AvgIpc) is 2.24. The van der Waals surface area contributed by atoms with Crippen LogP contribution in [0.5, 0.6) is 0 Å². The van der Waals surface area contributed by atoms with E-state index >= 15 is 0 Å². The summed E-state index contributed by atoms with van der Waals surface area (Å²) in [6.07, 6.45) is 0. The van der Waals surface area contributed by atoms with E-state index in [4.69, 9.17) is 10.5 Å². The van der Waals surface area contributed by atoms with E-state index in [9.17, 15) is 0 Å². The largest absolute Gasteiger partial charge is 0.397 e. The molecule has 17 heavy (non-hydrogen) atoms. The van der Waals surface area contributed by atoms with Crippen molar-refractivity contribution in [3.63, 3.8) is 0 Å². The first kappa shape index (κ1) is 14.3. The minimum atomic E-state index is 0.593. The number of halogens is 1. The molecule has 0 saturated heterocycles. The average molecular weight is 301 g/mol. The lowest BCUT2D eigenvalue weighted by Gasteiger charge is -2.27. The summed E-state index contributed by atoms with van der Waals surface area (Å²) in [4.78, 5) is 2.27. The van der Waals surface area contributed by atoms with Gasteiger partial charge in [0, 0.05) is 24.7 Å². The normalized spacial score (nSPS) is 10.9. The fourth-order valence-electron chi connectivity index (χ4n) is 1.77. The van der Waals surface area contributed by atoms with Gasteiger partial charge in [0.2, 0.25) is 0 Å². The van der Waals surface area contributed by atoms with Crippen molar-refractivity contribution in [2.45, 2.75) is 13.8 Å². The number of nitrogen functional groups attached to an aromatic ring is 1. The minimum absolute atomic E-state index is 0.593. The maximum atomic E-state index is 6.06. The Morgan fingerprint density at radius 3 is 2.65 bits per heavy atom. The molecule has 0 unspecified atom stereocenters. The van der Waals surface area contributed by atoms with Gasteiger partial charge in [-0.3, -0.25) is 0 Å². The molecule has 0 aromatic heterocycles. The summed E-state index contributed by atoms with van der Waals surface area (Å²) < 4.78 is 6.16. The van der Waals surface area contributed by atoms with Crippen molar-refractivity contribution in [3.05, 3.63) is 22.7 Å². The molecule has 0 amide bonds. The summed E-state index contributed by atoms with van der Waals surface area (Å²) in [6, 6.07) is 6.01. The maximum absolute atomic E-state index is 6.06. The summed E-state index contributed by atoms with van der Waals surface area (Å²) in [5, 5.41) is 0. The fourth-order valence-corrected chi connectivity index (χ4v) is 2.14. The molecular formula is C13H21BrN2O. The minimum Gasteiger partial charge on any atom is -0.397 e. The number of nitrogens with zero attached hydrogens (tertiary/aromatic N) is 1. The van der Waals surface area contributed by atoms with Crippen LogP contribution in [0.3, 0.4) is 0 Å². The van der Waals surface area contributed by atoms with E-state index in [0.717, 1.165) is 28.9 Å². The number of rotatable bonds is 6. The van der Waals surface area contributed by atoms with Gasteiger partial charge >= 0.3 is 0 Å². The molecule has 2 N–H and O–H groups in total. The molecule has 0 heterocycles. The summed E-state index contributed by atoms with van der Waals surface area (Å²) in [5.41, 5.74) is 7.94. The van der Waals surface area contributed by atoms with Gasteiger partial charge in [-0.05, 0) is 24.1 Å². The number of anilines is 2. The highest BCUT2D eigenvalue weighted by Crippen LogP contribution is 2.27. The third-order valence-corrected chi connectivity index (χ3v) is 2.97. The Hall–Kier alpha value is -0.740. The number of ether oxygens (including phenoxy) is 1. The smallest absolute Gasteiger partial charge is 0.0637 e. The van der Waals surface area contributed by atoms with Crippen LogP contribution >= 0.6 is 15.9 Å². The van der Waals surface area contributed by atoms with Crippen LogP contribution in [0.15, 0.2) is 22.7 Å². The zero-order valence-corrected chi connectivity index (χ0v) is 12.3. The zero-order valence-electron chi connectivity index (χ0n) is 10.7. The summed E-state index contributed by atoms with van der Waals surface area (Å²) in [5.74, 6) is 0.593. The van der Waals surface area contributed by atoms with Crippen LogP contribution in [0.25, 0.3) is 0 Å². The van der Waals surface area contributed by atoms with Crippen molar-refractivity contribution in [2.24, 2.45) is 5.92 Å². The molecule has 1 rings (SSSR count). The first-order valence-electron chi connectivity index (χ1n) is 5.83. The second-order valence-corrected chi connectivity index (χ2v) is 5.45. The van der Waals surface area contributed by atoms with Crippen molar-refractivity contribution in [1.29, 1.82) is 0 Å². The predicted octanol–water partition coefficient (Wildman–Crippen LogP) is 3.14. The first-order chi connectivity index (χ1) is 8.04. The van der Waals surface area contributed by atoms with Crippen molar-refractivity contribution >= 4 is 27.3 Å². The predicted molar refractivity (Wildman–Crippen MR) is 77.5 cm³/mol. The molecule has 0 radical (unpaired) electrons. The Morgan fingerprint density at radius 1 is 1.41 bits per heavy atom. The van der Waals surface area contributed by atoms with Gasteiger partial charge in [0.15, 0.2) is 0 Å². The van der Waals surface area contributed by atoms with Gasteiger partial charge in [-0.25, -0.2) is 0 Å². The van der Waals surface area contributed by atoms with E-state index < -0.39 is 0 Å². The van der Waals surface area contributed by atoms with Gasteiger partial charge in [-0.1, -0.05) is 29.8 Å². The first-order valence-corrected chi connectivity index (χ1v) is 6.62. The topological polar surface area (TPSA) is 38.5 Å². The monoisotopic (exact) mass is 300 g/mol. The molecule has 4 heteroatoms. The number of hydrogen-bond acceptors (Lipinski definition) is 3. The Morgan fingerprint density at radius 2 is 2.12 bits per heavy atom. The third kappa shape index (κ3) is 4.56. The van der Waals surface area contributed by atoms with E-state index in [1.165, 1.54) is 0 Å². The Balaban J connectivity index is 2.86. The van der Waals surface area contributed by atoms with Gasteiger partial charge in [-0.15, -0.1) is 0 Å². The molecule has 1 aromatic rings. The summed E-state index contributed by atoms with van der Waals surface area (Å²) in [7, 11) is 1.72. The molecule has 0 spiro atoms. The van der Waals surface area contributed by atoms with Crippen LogP contribution in [0, 0.1) is 5.92 Å². The second kappa shape index (κ2) is 6.87. The number of benzene rings is 1. The lowest BCUT2D eigenvalue weighted by Crippen LogP contribution is -2.31. The molecule has 96 valence electrons. The van der Waals surface area contributed by atoms with Crippen LogP contribution in [-0.4, -0.2) is 26.8 Å². The highest BCUT2D eigenvalue weighted by Gasteiger charge is 2.11. The van der Waals surface area contributed by atoms with Crippen LogP contribution in [0.2, 0.25) is 0 Å². The van der Waals surface area contributed by atoms with Crippen LogP contribution in [0.1, 0.15) is 13.8 Å². The van der Waals surface area contributed by atoms with Gasteiger partial charge < -0.3 is 15.4 Å². The molecule has 0 aliphatic rings. The molecular weight excluding hydrogens is 280 g/mol. The molecule has 0 aliphatic heterocycles. The van der Waals surface area contributed by atoms with Crippen molar-refractivity contribution in [1.82, 2.24) is 0 Å². The fraction of sp³-hybridized carbons (Fsp3) is 0.538. The summed E-state index contributed by atoms with van der Waals surface area (Å²) in [6.45, 7) is 6.96. The van der Waals surface area contributed by atoms with Gasteiger partial charge in [0.25, 0.3) is 0 Å². The van der Waals surface area contributed by atoms with E-state index in [2.05, 4.69) is 40.7 Å². The number of methoxy groups -OCH3 is 1. The van der Waals surface area contributed by atoms with Gasteiger partial charge in [-0.2, -0.15) is 0 Å². The van der Waals surface area contributed by atoms with E-state index in [1.807, 2.05) is 12.1 Å². The maximum Gasteiger partial charge on any atom is 0.0637 e. The third-order valence-electron chi connectivity index (χ3n) is 2.48. The van der Waals surface area contributed by atoms with E-state index in [1.54, 1.807) is 7.11 Å². The Kier molecular flexibility index (Phi) is 5.78. The molecule has 0 bridgehead atoms.